The van der Waals surface area contributed by atoms with Crippen LogP contribution in [0.3, 0.4) is 0 Å². The average Bonchev–Trinajstić information content (AvgIpc) is 3.13. The van der Waals surface area contributed by atoms with Gasteiger partial charge in [0.15, 0.2) is 5.82 Å². The molecule has 2 N–H and O–H groups in total. The quantitative estimate of drug-likeness (QED) is 0.540. The number of hydrogen-bond donors (Lipinski definition) is 2. The molecule has 9 nitrogen and oxygen atoms in total. The van der Waals surface area contributed by atoms with Gasteiger partial charge in [0.05, 0.1) is 17.7 Å². The van der Waals surface area contributed by atoms with E-state index in [1.807, 2.05) is 26.1 Å². The van der Waals surface area contributed by atoms with Gasteiger partial charge in [0.1, 0.15) is 17.9 Å². The molecular weight excluding hydrogens is 392 g/mol. The van der Waals surface area contributed by atoms with Crippen LogP contribution >= 0.6 is 0 Å². The summed E-state index contributed by atoms with van der Waals surface area (Å²) in [7, 11) is -2.07. The van der Waals surface area contributed by atoms with Gasteiger partial charge in [-0.15, -0.1) is 0 Å². The van der Waals surface area contributed by atoms with E-state index < -0.39 is 10.0 Å². The normalized spacial score (nSPS) is 11.4. The molecule has 0 spiro atoms. The zero-order chi connectivity index (χ0) is 21.0. The first kappa shape index (κ1) is 20.7. The predicted octanol–water partition coefficient (Wildman–Crippen LogP) is 1.99. The van der Waals surface area contributed by atoms with E-state index in [4.69, 9.17) is 4.74 Å². The van der Waals surface area contributed by atoms with Gasteiger partial charge >= 0.3 is 0 Å². The van der Waals surface area contributed by atoms with Crippen molar-refractivity contribution in [2.24, 2.45) is 0 Å². The first-order chi connectivity index (χ1) is 13.8. The molecule has 0 aliphatic rings. The van der Waals surface area contributed by atoms with Gasteiger partial charge in [-0.3, -0.25) is 0 Å². The molecule has 0 unspecified atom stereocenters. The summed E-state index contributed by atoms with van der Waals surface area (Å²) in [5.74, 6) is 1.87. The second-order valence-corrected chi connectivity index (χ2v) is 8.31. The molecule has 0 amide bonds. The summed E-state index contributed by atoms with van der Waals surface area (Å²) < 4.78 is 34.8. The fourth-order valence-electron chi connectivity index (χ4n) is 2.84. The van der Waals surface area contributed by atoms with Gasteiger partial charge in [0.2, 0.25) is 10.0 Å². The molecule has 3 rings (SSSR count). The number of nitrogens with zero attached hydrogens (tertiary/aromatic N) is 4. The van der Waals surface area contributed by atoms with Crippen molar-refractivity contribution in [3.8, 4) is 11.6 Å². The molecule has 2 aromatic heterocycles. The predicted molar refractivity (Wildman–Crippen MR) is 110 cm³/mol. The Bertz CT molecular complexity index is 1110. The number of aryl methyl sites for hydroxylation is 3. The molecule has 2 heterocycles. The second-order valence-electron chi connectivity index (χ2n) is 6.58. The minimum absolute atomic E-state index is 0.201. The molecule has 0 fully saturated rings. The summed E-state index contributed by atoms with van der Waals surface area (Å²) in [5.41, 5.74) is 2.28. The molecule has 0 aliphatic heterocycles. The maximum atomic E-state index is 12.6. The SMILES string of the molecule is COc1cc(C)c(S(=O)(=O)NCCNc2cc(-n3ccc(C)n3)ncn2)cc1C. The van der Waals surface area contributed by atoms with Gasteiger partial charge in [0.25, 0.3) is 0 Å². The number of anilines is 1. The maximum absolute atomic E-state index is 12.6. The third-order valence-corrected chi connectivity index (χ3v) is 5.92. The lowest BCUT2D eigenvalue weighted by Gasteiger charge is -2.13. The smallest absolute Gasteiger partial charge is 0.240 e. The van der Waals surface area contributed by atoms with Crippen LogP contribution in [0.15, 0.2) is 41.7 Å². The maximum Gasteiger partial charge on any atom is 0.240 e. The average molecular weight is 417 g/mol. The first-order valence-electron chi connectivity index (χ1n) is 9.03. The van der Waals surface area contributed by atoms with Crippen molar-refractivity contribution < 1.29 is 13.2 Å². The number of ether oxygens (including phenoxy) is 1. The van der Waals surface area contributed by atoms with Crippen molar-refractivity contribution in [3.05, 3.63) is 53.6 Å². The Kier molecular flexibility index (Phi) is 6.14. The number of nitrogens with one attached hydrogen (secondary N) is 2. The number of methoxy groups -OCH3 is 1. The van der Waals surface area contributed by atoms with E-state index in [1.54, 1.807) is 36.9 Å². The minimum atomic E-state index is -3.63. The number of benzene rings is 1. The topological polar surface area (TPSA) is 111 Å². The van der Waals surface area contributed by atoms with Crippen LogP contribution in [0.25, 0.3) is 5.82 Å². The number of sulfonamides is 1. The van der Waals surface area contributed by atoms with Crippen molar-refractivity contribution in [1.82, 2.24) is 24.5 Å². The van der Waals surface area contributed by atoms with Crippen LogP contribution in [0, 0.1) is 20.8 Å². The molecule has 29 heavy (non-hydrogen) atoms. The molecule has 0 bridgehead atoms. The fourth-order valence-corrected chi connectivity index (χ4v) is 4.18. The van der Waals surface area contributed by atoms with Crippen LogP contribution in [0.5, 0.6) is 5.75 Å². The molecule has 10 heteroatoms. The summed E-state index contributed by atoms with van der Waals surface area (Å²) in [4.78, 5) is 8.59. The Balaban J connectivity index is 1.61. The molecule has 0 atom stereocenters. The summed E-state index contributed by atoms with van der Waals surface area (Å²) >= 11 is 0. The van der Waals surface area contributed by atoms with E-state index in [1.165, 1.54) is 6.33 Å². The standard InChI is InChI=1S/C19H24N6O3S/c1-13-10-17(14(2)9-16(13)28-4)29(26,27)23-7-6-20-18-11-19(22-12-21-18)25-8-5-15(3)24-25/h5,8-12,23H,6-7H2,1-4H3,(H,20,21,22). The van der Waals surface area contributed by atoms with Gasteiger partial charge in [0, 0.05) is 25.4 Å². The monoisotopic (exact) mass is 416 g/mol. The Morgan fingerprint density at radius 2 is 1.86 bits per heavy atom. The van der Waals surface area contributed by atoms with Gasteiger partial charge in [-0.2, -0.15) is 5.10 Å². The zero-order valence-corrected chi connectivity index (χ0v) is 17.6. The van der Waals surface area contributed by atoms with Crippen molar-refractivity contribution in [2.45, 2.75) is 25.7 Å². The van der Waals surface area contributed by atoms with E-state index in [0.29, 0.717) is 29.5 Å². The van der Waals surface area contributed by atoms with Crippen LogP contribution in [-0.4, -0.2) is 48.4 Å². The summed E-state index contributed by atoms with van der Waals surface area (Å²) in [6.45, 7) is 6.02. The molecule has 0 radical (unpaired) electrons. The highest BCUT2D eigenvalue weighted by atomic mass is 32.2. The van der Waals surface area contributed by atoms with E-state index >= 15 is 0 Å². The number of aromatic nitrogens is 4. The number of hydrogen-bond acceptors (Lipinski definition) is 7. The van der Waals surface area contributed by atoms with E-state index in [2.05, 4.69) is 25.1 Å². The van der Waals surface area contributed by atoms with Crippen LogP contribution in [-0.2, 0) is 10.0 Å². The molecule has 3 aromatic rings. The van der Waals surface area contributed by atoms with Crippen LogP contribution in [0.1, 0.15) is 16.8 Å². The molecular formula is C19H24N6O3S. The molecule has 0 saturated carbocycles. The highest BCUT2D eigenvalue weighted by Gasteiger charge is 2.18. The van der Waals surface area contributed by atoms with Crippen LogP contribution in [0.2, 0.25) is 0 Å². The lowest BCUT2D eigenvalue weighted by Crippen LogP contribution is -2.29. The third kappa shape index (κ3) is 4.90. The Hall–Kier alpha value is -2.98. The Morgan fingerprint density at radius 1 is 1.07 bits per heavy atom. The fraction of sp³-hybridized carbons (Fsp3) is 0.316. The summed E-state index contributed by atoms with van der Waals surface area (Å²) in [6, 6.07) is 6.97. The first-order valence-corrected chi connectivity index (χ1v) is 10.5. The summed E-state index contributed by atoms with van der Waals surface area (Å²) in [6.07, 6.45) is 3.25. The van der Waals surface area contributed by atoms with Crippen LogP contribution < -0.4 is 14.8 Å². The van der Waals surface area contributed by atoms with E-state index in [-0.39, 0.29) is 11.4 Å². The Labute approximate surface area is 170 Å². The summed E-state index contributed by atoms with van der Waals surface area (Å²) in [5, 5.41) is 7.40. The van der Waals surface area contributed by atoms with Crippen LogP contribution in [0.4, 0.5) is 5.82 Å². The lowest BCUT2D eigenvalue weighted by atomic mass is 10.1. The van der Waals surface area contributed by atoms with Gasteiger partial charge in [-0.1, -0.05) is 0 Å². The van der Waals surface area contributed by atoms with Gasteiger partial charge < -0.3 is 10.1 Å². The van der Waals surface area contributed by atoms with Gasteiger partial charge in [-0.05, 0) is 50.1 Å². The Morgan fingerprint density at radius 3 is 2.55 bits per heavy atom. The van der Waals surface area contributed by atoms with Crippen molar-refractivity contribution in [3.63, 3.8) is 0 Å². The van der Waals surface area contributed by atoms with Crippen molar-refractivity contribution in [2.75, 3.05) is 25.5 Å². The highest BCUT2D eigenvalue weighted by Crippen LogP contribution is 2.25. The molecule has 1 aromatic carbocycles. The highest BCUT2D eigenvalue weighted by molar-refractivity contribution is 7.89. The lowest BCUT2D eigenvalue weighted by molar-refractivity contribution is 0.411. The van der Waals surface area contributed by atoms with Crippen molar-refractivity contribution in [1.29, 1.82) is 0 Å². The molecule has 0 saturated heterocycles. The molecule has 154 valence electrons. The second kappa shape index (κ2) is 8.58. The van der Waals surface area contributed by atoms with Crippen molar-refractivity contribution >= 4 is 15.8 Å². The minimum Gasteiger partial charge on any atom is -0.496 e. The van der Waals surface area contributed by atoms with Gasteiger partial charge in [-0.25, -0.2) is 27.8 Å². The third-order valence-electron chi connectivity index (χ3n) is 4.31. The zero-order valence-electron chi connectivity index (χ0n) is 16.8. The number of rotatable bonds is 8. The molecule has 0 aliphatic carbocycles. The van der Waals surface area contributed by atoms with E-state index in [0.717, 1.165) is 11.3 Å². The van der Waals surface area contributed by atoms with E-state index in [9.17, 15) is 8.42 Å². The largest absolute Gasteiger partial charge is 0.496 e.